The van der Waals surface area contributed by atoms with Crippen LogP contribution in [0.2, 0.25) is 0 Å². The van der Waals surface area contributed by atoms with Gasteiger partial charge in [0.25, 0.3) is 0 Å². The Hall–Kier alpha value is -0.830. The van der Waals surface area contributed by atoms with Crippen molar-refractivity contribution in [3.05, 3.63) is 12.2 Å². The van der Waals surface area contributed by atoms with E-state index in [0.29, 0.717) is 0 Å². The zero-order chi connectivity index (χ0) is 17.3. The fourth-order valence-corrected chi connectivity index (χ4v) is 1.99. The van der Waals surface area contributed by atoms with Crippen molar-refractivity contribution >= 4 is 5.97 Å². The van der Waals surface area contributed by atoms with Crippen molar-refractivity contribution in [2.75, 3.05) is 0 Å². The summed E-state index contributed by atoms with van der Waals surface area (Å²) in [5.74, 6) is -1.02. The number of allylic oxidation sites excluding steroid dienone is 1. The van der Waals surface area contributed by atoms with Crippen LogP contribution in [-0.2, 0) is 9.53 Å². The van der Waals surface area contributed by atoms with Crippen LogP contribution in [0.3, 0.4) is 0 Å². The molecule has 0 bridgehead atoms. The molecule has 0 aliphatic heterocycles. The Bertz CT molecular complexity index is 388. The summed E-state index contributed by atoms with van der Waals surface area (Å²) in [6.45, 7) is 19.2. The second kappa shape index (κ2) is 6.12. The number of hydrogen-bond donors (Lipinski definition) is 1. The molecule has 2 atom stereocenters. The molecule has 124 valence electrons. The second-order valence-corrected chi connectivity index (χ2v) is 9.03. The van der Waals surface area contributed by atoms with E-state index >= 15 is 0 Å². The molecule has 3 nitrogen and oxygen atoms in total. The molecule has 0 spiro atoms. The van der Waals surface area contributed by atoms with Crippen LogP contribution in [0.4, 0.5) is 0 Å². The van der Waals surface area contributed by atoms with E-state index in [1.54, 1.807) is 13.0 Å². The van der Waals surface area contributed by atoms with Crippen molar-refractivity contribution in [2.24, 2.45) is 16.7 Å². The van der Waals surface area contributed by atoms with Crippen molar-refractivity contribution in [2.45, 2.75) is 80.4 Å². The number of carbonyl (C=O) groups is 1. The van der Waals surface area contributed by atoms with E-state index in [2.05, 4.69) is 20.8 Å². The van der Waals surface area contributed by atoms with Gasteiger partial charge in [0, 0.05) is 0 Å². The maximum Gasteiger partial charge on any atom is 0.312 e. The summed E-state index contributed by atoms with van der Waals surface area (Å²) < 4.78 is 5.44. The Labute approximate surface area is 130 Å². The van der Waals surface area contributed by atoms with Crippen molar-refractivity contribution in [3.8, 4) is 0 Å². The highest BCUT2D eigenvalue weighted by Gasteiger charge is 2.47. The van der Waals surface area contributed by atoms with Gasteiger partial charge in [0.2, 0.25) is 0 Å². The predicted molar refractivity (Wildman–Crippen MR) is 88.0 cm³/mol. The van der Waals surface area contributed by atoms with Gasteiger partial charge in [0.15, 0.2) is 0 Å². The standard InChI is InChI=1S/C18H34O3/c1-13(14(19)21-17(8,9)10)18(20,16(5,6)7)12-11-15(2,3)4/h11-13,20H,1-10H3/b12-11+. The molecule has 0 fully saturated rings. The van der Waals surface area contributed by atoms with Crippen LogP contribution in [0.25, 0.3) is 0 Å². The fraction of sp³-hybridized carbons (Fsp3) is 0.833. The monoisotopic (exact) mass is 298 g/mol. The maximum absolute atomic E-state index is 12.4. The van der Waals surface area contributed by atoms with Gasteiger partial charge in [-0.05, 0) is 38.5 Å². The first-order chi connectivity index (χ1) is 9.00. The van der Waals surface area contributed by atoms with Gasteiger partial charge in [-0.25, -0.2) is 0 Å². The molecule has 0 rings (SSSR count). The van der Waals surface area contributed by atoms with Crippen LogP contribution in [0.5, 0.6) is 0 Å². The third kappa shape index (κ3) is 6.21. The molecule has 0 aromatic rings. The molecule has 0 aliphatic rings. The second-order valence-electron chi connectivity index (χ2n) is 9.03. The summed E-state index contributed by atoms with van der Waals surface area (Å²) in [6, 6.07) is 0. The smallest absolute Gasteiger partial charge is 0.312 e. The first-order valence-corrected chi connectivity index (χ1v) is 7.65. The first kappa shape index (κ1) is 20.2. The van der Waals surface area contributed by atoms with Crippen LogP contribution < -0.4 is 0 Å². The molecule has 0 amide bonds. The Morgan fingerprint density at radius 3 is 1.67 bits per heavy atom. The molecule has 0 saturated heterocycles. The molecule has 0 aromatic heterocycles. The van der Waals surface area contributed by atoms with E-state index in [1.807, 2.05) is 47.6 Å². The van der Waals surface area contributed by atoms with E-state index < -0.39 is 22.5 Å². The highest BCUT2D eigenvalue weighted by Crippen LogP contribution is 2.39. The minimum absolute atomic E-state index is 0.0626. The van der Waals surface area contributed by atoms with Crippen molar-refractivity contribution in [1.82, 2.24) is 0 Å². The third-order valence-electron chi connectivity index (χ3n) is 3.46. The van der Waals surface area contributed by atoms with Crippen LogP contribution in [0, 0.1) is 16.7 Å². The number of carbonyl (C=O) groups excluding carboxylic acids is 1. The lowest BCUT2D eigenvalue weighted by molar-refractivity contribution is -0.172. The number of aliphatic hydroxyl groups is 1. The Kier molecular flexibility index (Phi) is 5.87. The summed E-state index contributed by atoms with van der Waals surface area (Å²) in [5.41, 5.74) is -2.36. The predicted octanol–water partition coefficient (Wildman–Crippen LogP) is 4.34. The summed E-state index contributed by atoms with van der Waals surface area (Å²) in [6.07, 6.45) is 3.72. The zero-order valence-electron chi connectivity index (χ0n) is 15.5. The molecule has 21 heavy (non-hydrogen) atoms. The van der Waals surface area contributed by atoms with Crippen molar-refractivity contribution in [3.63, 3.8) is 0 Å². The number of rotatable bonds is 3. The van der Waals surface area contributed by atoms with Gasteiger partial charge in [0.1, 0.15) is 11.2 Å². The molecule has 1 N–H and O–H groups in total. The minimum Gasteiger partial charge on any atom is -0.460 e. The lowest BCUT2D eigenvalue weighted by Crippen LogP contribution is -2.51. The van der Waals surface area contributed by atoms with E-state index in [-0.39, 0.29) is 11.4 Å². The molecule has 2 unspecified atom stereocenters. The average Bonchev–Trinajstić information content (AvgIpc) is 2.19. The van der Waals surface area contributed by atoms with E-state index in [4.69, 9.17) is 4.74 Å². The van der Waals surface area contributed by atoms with E-state index in [9.17, 15) is 9.90 Å². The molecular formula is C18H34O3. The molecule has 0 heterocycles. The molecule has 0 aliphatic carbocycles. The summed E-state index contributed by atoms with van der Waals surface area (Å²) in [5, 5.41) is 11.2. The molecule has 0 radical (unpaired) electrons. The molecular weight excluding hydrogens is 264 g/mol. The highest BCUT2D eigenvalue weighted by atomic mass is 16.6. The van der Waals surface area contributed by atoms with Crippen LogP contribution in [-0.4, -0.2) is 22.3 Å². The quantitative estimate of drug-likeness (QED) is 0.622. The summed E-state index contributed by atoms with van der Waals surface area (Å²) >= 11 is 0. The number of ether oxygens (including phenoxy) is 1. The van der Waals surface area contributed by atoms with Crippen molar-refractivity contribution < 1.29 is 14.6 Å². The van der Waals surface area contributed by atoms with Gasteiger partial charge < -0.3 is 9.84 Å². The number of esters is 1. The fourth-order valence-electron chi connectivity index (χ4n) is 1.99. The van der Waals surface area contributed by atoms with Gasteiger partial charge in [0.05, 0.1) is 5.92 Å². The topological polar surface area (TPSA) is 46.5 Å². The molecule has 0 aromatic carbocycles. The largest absolute Gasteiger partial charge is 0.460 e. The van der Waals surface area contributed by atoms with Crippen LogP contribution in [0.15, 0.2) is 12.2 Å². The minimum atomic E-state index is -1.26. The van der Waals surface area contributed by atoms with E-state index in [1.165, 1.54) is 0 Å². The number of hydrogen-bond acceptors (Lipinski definition) is 3. The highest BCUT2D eigenvalue weighted by molar-refractivity contribution is 5.74. The van der Waals surface area contributed by atoms with Gasteiger partial charge in [-0.1, -0.05) is 53.7 Å². The average molecular weight is 298 g/mol. The summed E-state index contributed by atoms with van der Waals surface area (Å²) in [4.78, 5) is 12.4. The lowest BCUT2D eigenvalue weighted by Gasteiger charge is -2.42. The van der Waals surface area contributed by atoms with Crippen molar-refractivity contribution in [1.29, 1.82) is 0 Å². The lowest BCUT2D eigenvalue weighted by atomic mass is 9.68. The normalized spacial score (nSPS) is 18.4. The Morgan fingerprint density at radius 1 is 0.952 bits per heavy atom. The molecule has 3 heteroatoms. The summed E-state index contributed by atoms with van der Waals surface area (Å²) in [7, 11) is 0. The first-order valence-electron chi connectivity index (χ1n) is 7.65. The van der Waals surface area contributed by atoms with Gasteiger partial charge in [-0.15, -0.1) is 0 Å². The van der Waals surface area contributed by atoms with E-state index in [0.717, 1.165) is 0 Å². The molecule has 0 saturated carbocycles. The van der Waals surface area contributed by atoms with Crippen LogP contribution in [0.1, 0.15) is 69.2 Å². The van der Waals surface area contributed by atoms with Crippen LogP contribution >= 0.6 is 0 Å². The SMILES string of the molecule is CC(C(=O)OC(C)(C)C)C(O)(/C=C/C(C)(C)C)C(C)(C)C. The third-order valence-corrected chi connectivity index (χ3v) is 3.46. The van der Waals surface area contributed by atoms with Gasteiger partial charge in [-0.2, -0.15) is 0 Å². The zero-order valence-corrected chi connectivity index (χ0v) is 15.5. The van der Waals surface area contributed by atoms with Gasteiger partial charge >= 0.3 is 5.97 Å². The van der Waals surface area contributed by atoms with Gasteiger partial charge in [-0.3, -0.25) is 4.79 Å². The Morgan fingerprint density at radius 2 is 1.38 bits per heavy atom. The maximum atomic E-state index is 12.4. The Balaban J connectivity index is 5.54.